The highest BCUT2D eigenvalue weighted by Crippen LogP contribution is 2.22. The topological polar surface area (TPSA) is 46.9 Å². The summed E-state index contributed by atoms with van der Waals surface area (Å²) in [5, 5.41) is 7.48. The van der Waals surface area contributed by atoms with Crippen molar-refractivity contribution in [1.29, 1.82) is 0 Å². The van der Waals surface area contributed by atoms with Gasteiger partial charge in [0.05, 0.1) is 27.8 Å². The van der Waals surface area contributed by atoms with Crippen LogP contribution in [0.15, 0.2) is 4.47 Å². The molecule has 0 atom stereocenters. The minimum atomic E-state index is -0.494. The average Bonchev–Trinajstić information content (AvgIpc) is 2.45. The summed E-state index contributed by atoms with van der Waals surface area (Å²) in [4.78, 5) is 12.2. The van der Waals surface area contributed by atoms with E-state index in [4.69, 9.17) is 0 Å². The van der Waals surface area contributed by atoms with E-state index in [1.807, 2.05) is 34.7 Å². The van der Waals surface area contributed by atoms with Crippen molar-refractivity contribution in [3.05, 3.63) is 15.9 Å². The Labute approximate surface area is 111 Å². The third-order valence-electron chi connectivity index (χ3n) is 2.91. The first-order chi connectivity index (χ1) is 7.79. The molecule has 1 aromatic heterocycles. The molecule has 96 valence electrons. The van der Waals surface area contributed by atoms with E-state index < -0.39 is 5.54 Å². The van der Waals surface area contributed by atoms with Crippen LogP contribution in [0.5, 0.6) is 0 Å². The largest absolute Gasteiger partial charge is 0.306 e. The van der Waals surface area contributed by atoms with E-state index in [1.165, 1.54) is 0 Å². The van der Waals surface area contributed by atoms with Crippen LogP contribution >= 0.6 is 15.9 Å². The molecule has 0 radical (unpaired) electrons. The Kier molecular flexibility index (Phi) is 4.49. The third kappa shape index (κ3) is 3.16. The van der Waals surface area contributed by atoms with Crippen LogP contribution in [-0.4, -0.2) is 27.6 Å². The summed E-state index contributed by atoms with van der Waals surface area (Å²) in [5.74, 6) is 0.169. The molecule has 0 aliphatic carbocycles. The number of likely N-dealkylation sites (N-methyl/N-ethyl adjacent to an activating group) is 1. The summed E-state index contributed by atoms with van der Waals surface area (Å²) in [6.45, 7) is 8.53. The quantitative estimate of drug-likeness (QED) is 0.905. The van der Waals surface area contributed by atoms with E-state index in [-0.39, 0.29) is 5.78 Å². The minimum absolute atomic E-state index is 0.169. The Morgan fingerprint density at radius 2 is 2.12 bits per heavy atom. The summed E-state index contributed by atoms with van der Waals surface area (Å²) in [5.41, 5.74) is 1.35. The van der Waals surface area contributed by atoms with Gasteiger partial charge in [-0.1, -0.05) is 6.92 Å². The number of aryl methyl sites for hydroxylation is 2. The van der Waals surface area contributed by atoms with Gasteiger partial charge in [-0.05, 0) is 43.2 Å². The first-order valence-electron chi connectivity index (χ1n) is 5.76. The smallest absolute Gasteiger partial charge is 0.158 e. The number of hydrogen-bond acceptors (Lipinski definition) is 3. The van der Waals surface area contributed by atoms with Gasteiger partial charge in [0, 0.05) is 7.05 Å². The zero-order valence-electron chi connectivity index (χ0n) is 11.1. The Hall–Kier alpha value is -0.680. The number of nitrogens with one attached hydrogen (secondary N) is 1. The standard InChI is InChI=1S/C12H20BrN3O/c1-6-14-12(3,4)10(17)7-9-11(13)8(2)15-16(9)5/h14H,6-7H2,1-5H3. The number of halogens is 1. The lowest BCUT2D eigenvalue weighted by Crippen LogP contribution is -2.47. The van der Waals surface area contributed by atoms with E-state index >= 15 is 0 Å². The molecule has 0 aliphatic rings. The van der Waals surface area contributed by atoms with Gasteiger partial charge in [-0.15, -0.1) is 0 Å². The van der Waals surface area contributed by atoms with E-state index in [0.29, 0.717) is 6.42 Å². The molecule has 0 amide bonds. The van der Waals surface area contributed by atoms with Gasteiger partial charge in [-0.25, -0.2) is 0 Å². The molecule has 0 spiro atoms. The predicted molar refractivity (Wildman–Crippen MR) is 72.1 cm³/mol. The number of aromatic nitrogens is 2. The van der Waals surface area contributed by atoms with Crippen molar-refractivity contribution in [1.82, 2.24) is 15.1 Å². The monoisotopic (exact) mass is 301 g/mol. The van der Waals surface area contributed by atoms with Crippen LogP contribution in [0.3, 0.4) is 0 Å². The van der Waals surface area contributed by atoms with Crippen LogP contribution in [0.2, 0.25) is 0 Å². The average molecular weight is 302 g/mol. The summed E-state index contributed by atoms with van der Waals surface area (Å²) >= 11 is 3.48. The second kappa shape index (κ2) is 5.31. The van der Waals surface area contributed by atoms with Crippen LogP contribution in [0, 0.1) is 6.92 Å². The molecule has 1 heterocycles. The van der Waals surface area contributed by atoms with Gasteiger partial charge in [0.15, 0.2) is 5.78 Å². The van der Waals surface area contributed by atoms with Gasteiger partial charge in [0.2, 0.25) is 0 Å². The van der Waals surface area contributed by atoms with Gasteiger partial charge in [0.25, 0.3) is 0 Å². The molecule has 0 aromatic carbocycles. The van der Waals surface area contributed by atoms with Crippen molar-refractivity contribution < 1.29 is 4.79 Å². The molecule has 0 saturated heterocycles. The second-order valence-corrected chi connectivity index (χ2v) is 5.52. The Bertz CT molecular complexity index is 424. The van der Waals surface area contributed by atoms with Crippen molar-refractivity contribution in [2.45, 2.75) is 39.7 Å². The molecule has 0 saturated carbocycles. The SMILES string of the molecule is CCNC(C)(C)C(=O)Cc1c(Br)c(C)nn1C. The number of ketones is 1. The lowest BCUT2D eigenvalue weighted by Gasteiger charge is -2.24. The van der Waals surface area contributed by atoms with Crippen molar-refractivity contribution in [3.8, 4) is 0 Å². The number of rotatable bonds is 5. The molecule has 0 bridgehead atoms. The maximum absolute atomic E-state index is 12.2. The molecule has 17 heavy (non-hydrogen) atoms. The van der Waals surface area contributed by atoms with Crippen molar-refractivity contribution >= 4 is 21.7 Å². The normalized spacial score (nSPS) is 11.9. The van der Waals surface area contributed by atoms with E-state index in [9.17, 15) is 4.79 Å². The first kappa shape index (κ1) is 14.4. The van der Waals surface area contributed by atoms with Crippen LogP contribution in [0.1, 0.15) is 32.2 Å². The van der Waals surface area contributed by atoms with Crippen molar-refractivity contribution in [2.24, 2.45) is 7.05 Å². The highest BCUT2D eigenvalue weighted by Gasteiger charge is 2.27. The van der Waals surface area contributed by atoms with Crippen molar-refractivity contribution in [3.63, 3.8) is 0 Å². The van der Waals surface area contributed by atoms with Crippen LogP contribution in [0.25, 0.3) is 0 Å². The number of Topliss-reactive ketones (excluding diaryl/α,β-unsaturated/α-hetero) is 1. The van der Waals surface area contributed by atoms with Crippen LogP contribution in [0.4, 0.5) is 0 Å². The van der Waals surface area contributed by atoms with Crippen molar-refractivity contribution in [2.75, 3.05) is 6.54 Å². The molecule has 1 aromatic rings. The van der Waals surface area contributed by atoms with E-state index in [1.54, 1.807) is 4.68 Å². The number of hydrogen-bond donors (Lipinski definition) is 1. The highest BCUT2D eigenvalue weighted by atomic mass is 79.9. The van der Waals surface area contributed by atoms with Gasteiger partial charge in [-0.3, -0.25) is 9.48 Å². The third-order valence-corrected chi connectivity index (χ3v) is 3.94. The fourth-order valence-corrected chi connectivity index (χ4v) is 2.26. The summed E-state index contributed by atoms with van der Waals surface area (Å²) in [6, 6.07) is 0. The van der Waals surface area contributed by atoms with Gasteiger partial charge in [0.1, 0.15) is 0 Å². The lowest BCUT2D eigenvalue weighted by molar-refractivity contribution is -0.123. The fourth-order valence-electron chi connectivity index (χ4n) is 1.79. The lowest BCUT2D eigenvalue weighted by atomic mass is 9.95. The first-order valence-corrected chi connectivity index (χ1v) is 6.55. The highest BCUT2D eigenvalue weighted by molar-refractivity contribution is 9.10. The Balaban J connectivity index is 2.88. The Morgan fingerprint density at radius 3 is 2.53 bits per heavy atom. The molecule has 0 fully saturated rings. The summed E-state index contributed by atoms with van der Waals surface area (Å²) in [6.07, 6.45) is 0.387. The minimum Gasteiger partial charge on any atom is -0.306 e. The maximum Gasteiger partial charge on any atom is 0.158 e. The zero-order chi connectivity index (χ0) is 13.2. The number of carbonyl (C=O) groups is 1. The number of nitrogens with zero attached hydrogens (tertiary/aromatic N) is 2. The number of carbonyl (C=O) groups excluding carboxylic acids is 1. The van der Waals surface area contributed by atoms with Gasteiger partial charge >= 0.3 is 0 Å². The maximum atomic E-state index is 12.2. The van der Waals surface area contributed by atoms with Gasteiger partial charge < -0.3 is 5.32 Å². The Morgan fingerprint density at radius 1 is 1.53 bits per heavy atom. The second-order valence-electron chi connectivity index (χ2n) is 4.72. The van der Waals surface area contributed by atoms with Crippen LogP contribution < -0.4 is 5.32 Å². The molecule has 1 N–H and O–H groups in total. The summed E-state index contributed by atoms with van der Waals surface area (Å²) in [7, 11) is 1.86. The zero-order valence-corrected chi connectivity index (χ0v) is 12.7. The molecular formula is C12H20BrN3O. The fraction of sp³-hybridized carbons (Fsp3) is 0.667. The molecule has 1 rings (SSSR count). The molecule has 4 nitrogen and oxygen atoms in total. The molecule has 0 unspecified atom stereocenters. The van der Waals surface area contributed by atoms with E-state index in [0.717, 1.165) is 22.4 Å². The predicted octanol–water partition coefficient (Wildman–Crippen LogP) is 1.99. The molecule has 0 aliphatic heterocycles. The van der Waals surface area contributed by atoms with Crippen LogP contribution in [-0.2, 0) is 18.3 Å². The van der Waals surface area contributed by atoms with E-state index in [2.05, 4.69) is 26.3 Å². The molecule has 5 heteroatoms. The summed E-state index contributed by atoms with van der Waals surface area (Å²) < 4.78 is 2.69. The molecular weight excluding hydrogens is 282 g/mol. The van der Waals surface area contributed by atoms with Gasteiger partial charge in [-0.2, -0.15) is 5.10 Å².